The van der Waals surface area contributed by atoms with Crippen molar-refractivity contribution in [1.29, 1.82) is 0 Å². The molecule has 2 aromatic carbocycles. The molecule has 3 rings (SSSR count). The summed E-state index contributed by atoms with van der Waals surface area (Å²) in [7, 11) is 2.95. The molecule has 1 saturated heterocycles. The summed E-state index contributed by atoms with van der Waals surface area (Å²) in [6.45, 7) is 3.72. The van der Waals surface area contributed by atoms with Gasteiger partial charge in [0.1, 0.15) is 5.92 Å². The Kier molecular flexibility index (Phi) is 5.72. The van der Waals surface area contributed by atoms with Gasteiger partial charge in [-0.2, -0.15) is 0 Å². The SMILES string of the molecule is COc1ccc(N2C(=O)NCC(C(=O)Nc3cc(C)ccc3C)C2=O)cc1OC. The fourth-order valence-corrected chi connectivity index (χ4v) is 3.12. The van der Waals surface area contributed by atoms with Gasteiger partial charge >= 0.3 is 6.03 Å². The first-order valence-corrected chi connectivity index (χ1v) is 9.07. The van der Waals surface area contributed by atoms with Gasteiger partial charge in [0.15, 0.2) is 11.5 Å². The number of carbonyl (C=O) groups excluding carboxylic acids is 3. The minimum absolute atomic E-state index is 0.0713. The Hall–Kier alpha value is -3.55. The number of amides is 4. The van der Waals surface area contributed by atoms with Crippen LogP contribution in [0.4, 0.5) is 16.2 Å². The van der Waals surface area contributed by atoms with E-state index in [1.54, 1.807) is 12.1 Å². The number of methoxy groups -OCH3 is 2. The third-order valence-electron chi connectivity index (χ3n) is 4.77. The summed E-state index contributed by atoms with van der Waals surface area (Å²) in [5.74, 6) is -1.31. The van der Waals surface area contributed by atoms with Gasteiger partial charge in [-0.3, -0.25) is 9.59 Å². The van der Waals surface area contributed by atoms with Crippen LogP contribution in [0.25, 0.3) is 0 Å². The van der Waals surface area contributed by atoms with Gasteiger partial charge in [0.25, 0.3) is 0 Å². The first kappa shape index (κ1) is 20.2. The maximum Gasteiger partial charge on any atom is 0.328 e. The molecule has 1 atom stereocenters. The van der Waals surface area contributed by atoms with Crippen molar-refractivity contribution in [2.45, 2.75) is 13.8 Å². The van der Waals surface area contributed by atoms with Gasteiger partial charge in [0.2, 0.25) is 11.8 Å². The number of anilines is 2. The van der Waals surface area contributed by atoms with E-state index in [2.05, 4.69) is 10.6 Å². The zero-order valence-electron chi connectivity index (χ0n) is 16.7. The van der Waals surface area contributed by atoms with Crippen LogP contribution in [0.5, 0.6) is 11.5 Å². The minimum atomic E-state index is -1.05. The second-order valence-electron chi connectivity index (χ2n) is 6.76. The molecule has 8 heteroatoms. The molecule has 0 radical (unpaired) electrons. The van der Waals surface area contributed by atoms with E-state index < -0.39 is 23.8 Å². The summed E-state index contributed by atoms with van der Waals surface area (Å²) in [6.07, 6.45) is 0. The highest BCUT2D eigenvalue weighted by atomic mass is 16.5. The lowest BCUT2D eigenvalue weighted by molar-refractivity contribution is -0.130. The number of ether oxygens (including phenoxy) is 2. The van der Waals surface area contributed by atoms with E-state index in [0.717, 1.165) is 16.0 Å². The maximum absolute atomic E-state index is 13.0. The highest BCUT2D eigenvalue weighted by molar-refractivity contribution is 6.23. The Labute approximate surface area is 168 Å². The van der Waals surface area contributed by atoms with Crippen molar-refractivity contribution in [3.8, 4) is 11.5 Å². The number of carbonyl (C=O) groups is 3. The Morgan fingerprint density at radius 1 is 1.07 bits per heavy atom. The predicted molar refractivity (Wildman–Crippen MR) is 108 cm³/mol. The van der Waals surface area contributed by atoms with Gasteiger partial charge in [-0.15, -0.1) is 0 Å². The number of imide groups is 1. The van der Waals surface area contributed by atoms with E-state index in [0.29, 0.717) is 17.2 Å². The number of benzene rings is 2. The van der Waals surface area contributed by atoms with E-state index in [-0.39, 0.29) is 12.2 Å². The zero-order valence-corrected chi connectivity index (χ0v) is 16.7. The van der Waals surface area contributed by atoms with E-state index in [9.17, 15) is 14.4 Å². The summed E-state index contributed by atoms with van der Waals surface area (Å²) in [5.41, 5.74) is 2.79. The molecule has 1 fully saturated rings. The van der Waals surface area contributed by atoms with Crippen LogP contribution < -0.4 is 25.0 Å². The Balaban J connectivity index is 1.86. The first-order valence-electron chi connectivity index (χ1n) is 9.07. The Bertz CT molecular complexity index is 973. The van der Waals surface area contributed by atoms with Gasteiger partial charge < -0.3 is 20.1 Å². The molecule has 0 bridgehead atoms. The molecule has 0 saturated carbocycles. The van der Waals surface area contributed by atoms with Crippen molar-refractivity contribution in [2.75, 3.05) is 31.0 Å². The summed E-state index contributed by atoms with van der Waals surface area (Å²) in [6, 6.07) is 9.74. The quantitative estimate of drug-likeness (QED) is 0.756. The number of hydrogen-bond acceptors (Lipinski definition) is 5. The third kappa shape index (κ3) is 4.01. The second-order valence-corrected chi connectivity index (χ2v) is 6.76. The number of rotatable bonds is 5. The first-order chi connectivity index (χ1) is 13.8. The van der Waals surface area contributed by atoms with Gasteiger partial charge in [0, 0.05) is 18.3 Å². The van der Waals surface area contributed by atoms with Crippen molar-refractivity contribution >= 4 is 29.2 Å². The lowest BCUT2D eigenvalue weighted by Crippen LogP contribution is -2.58. The fraction of sp³-hybridized carbons (Fsp3) is 0.286. The molecule has 1 heterocycles. The molecule has 1 aliphatic heterocycles. The van der Waals surface area contributed by atoms with E-state index in [4.69, 9.17) is 9.47 Å². The number of urea groups is 1. The van der Waals surface area contributed by atoms with Crippen molar-refractivity contribution < 1.29 is 23.9 Å². The summed E-state index contributed by atoms with van der Waals surface area (Å²) < 4.78 is 10.4. The summed E-state index contributed by atoms with van der Waals surface area (Å²) in [4.78, 5) is 39.1. The molecule has 29 heavy (non-hydrogen) atoms. The molecule has 2 N–H and O–H groups in total. The number of hydrogen-bond donors (Lipinski definition) is 2. The maximum atomic E-state index is 13.0. The predicted octanol–water partition coefficient (Wildman–Crippen LogP) is 2.63. The smallest absolute Gasteiger partial charge is 0.328 e. The third-order valence-corrected chi connectivity index (χ3v) is 4.77. The Morgan fingerprint density at radius 3 is 2.48 bits per heavy atom. The van der Waals surface area contributed by atoms with Crippen LogP contribution in [0.3, 0.4) is 0 Å². The molecule has 1 unspecified atom stereocenters. The fourth-order valence-electron chi connectivity index (χ4n) is 3.12. The van der Waals surface area contributed by atoms with Crippen LogP contribution >= 0.6 is 0 Å². The van der Waals surface area contributed by atoms with Crippen LogP contribution in [0.15, 0.2) is 36.4 Å². The van der Waals surface area contributed by atoms with Gasteiger partial charge in [-0.25, -0.2) is 9.69 Å². The van der Waals surface area contributed by atoms with Crippen LogP contribution in [0.1, 0.15) is 11.1 Å². The lowest BCUT2D eigenvalue weighted by Gasteiger charge is -2.31. The second kappa shape index (κ2) is 8.22. The van der Waals surface area contributed by atoms with Crippen molar-refractivity contribution in [1.82, 2.24) is 5.32 Å². The molecule has 0 aliphatic carbocycles. The standard InChI is InChI=1S/C21H23N3O5/c1-12-5-6-13(2)16(9-12)23-19(25)15-11-22-21(27)24(20(15)26)14-7-8-17(28-3)18(10-14)29-4/h5-10,15H,11H2,1-4H3,(H,22,27)(H,23,25). The van der Waals surface area contributed by atoms with Crippen molar-refractivity contribution in [3.05, 3.63) is 47.5 Å². The van der Waals surface area contributed by atoms with E-state index >= 15 is 0 Å². The van der Waals surface area contributed by atoms with E-state index in [1.165, 1.54) is 20.3 Å². The van der Waals surface area contributed by atoms with Crippen LogP contribution in [-0.4, -0.2) is 38.6 Å². The normalized spacial score (nSPS) is 16.3. The molecule has 4 amide bonds. The monoisotopic (exact) mass is 397 g/mol. The van der Waals surface area contributed by atoms with Crippen LogP contribution in [0, 0.1) is 19.8 Å². The Morgan fingerprint density at radius 2 is 1.79 bits per heavy atom. The molecule has 8 nitrogen and oxygen atoms in total. The van der Waals surface area contributed by atoms with Crippen LogP contribution in [0.2, 0.25) is 0 Å². The van der Waals surface area contributed by atoms with Gasteiger partial charge in [0.05, 0.1) is 19.9 Å². The highest BCUT2D eigenvalue weighted by Gasteiger charge is 2.39. The van der Waals surface area contributed by atoms with Gasteiger partial charge in [-0.1, -0.05) is 12.1 Å². The van der Waals surface area contributed by atoms with Crippen molar-refractivity contribution in [3.63, 3.8) is 0 Å². The summed E-state index contributed by atoms with van der Waals surface area (Å²) in [5, 5.41) is 5.40. The molecule has 152 valence electrons. The number of aryl methyl sites for hydroxylation is 2. The highest BCUT2D eigenvalue weighted by Crippen LogP contribution is 2.33. The molecule has 2 aromatic rings. The molecule has 1 aliphatic rings. The number of nitrogens with zero attached hydrogens (tertiary/aromatic N) is 1. The van der Waals surface area contributed by atoms with Gasteiger partial charge in [-0.05, 0) is 43.2 Å². The van der Waals surface area contributed by atoms with E-state index in [1.807, 2.05) is 32.0 Å². The molecule has 0 aromatic heterocycles. The lowest BCUT2D eigenvalue weighted by atomic mass is 10.0. The molecular formula is C21H23N3O5. The largest absolute Gasteiger partial charge is 0.493 e. The summed E-state index contributed by atoms with van der Waals surface area (Å²) >= 11 is 0. The average molecular weight is 397 g/mol. The zero-order chi connectivity index (χ0) is 21.1. The topological polar surface area (TPSA) is 97.0 Å². The number of nitrogens with one attached hydrogen (secondary N) is 2. The minimum Gasteiger partial charge on any atom is -0.493 e. The van der Waals surface area contributed by atoms with Crippen LogP contribution in [-0.2, 0) is 9.59 Å². The average Bonchev–Trinajstić information content (AvgIpc) is 2.70. The van der Waals surface area contributed by atoms with Crippen molar-refractivity contribution in [2.24, 2.45) is 5.92 Å². The molecular weight excluding hydrogens is 374 g/mol. The molecule has 0 spiro atoms.